The SMILES string of the molecule is CCc1nccn1CCC(=O)N1CCCOc2cccc(c2)-c2nccn2CCNC(=O)[C@@H](CC(C)C)NC(=O)C1. The molecule has 1 aliphatic rings. The molecule has 0 saturated heterocycles. The number of aromatic nitrogens is 4. The number of hydrogen-bond acceptors (Lipinski definition) is 6. The number of hydrogen-bond donors (Lipinski definition) is 2. The van der Waals surface area contributed by atoms with Crippen LogP contribution in [0, 0.1) is 5.92 Å². The molecule has 4 rings (SSSR count). The van der Waals surface area contributed by atoms with Crippen LogP contribution in [0.4, 0.5) is 0 Å². The summed E-state index contributed by atoms with van der Waals surface area (Å²) in [5.41, 5.74) is 0.910. The maximum Gasteiger partial charge on any atom is 0.242 e. The zero-order chi connectivity index (χ0) is 29.2. The van der Waals surface area contributed by atoms with Crippen LogP contribution in [0.1, 0.15) is 45.9 Å². The Morgan fingerprint density at radius 2 is 1.98 bits per heavy atom. The number of carbonyl (C=O) groups is 3. The van der Waals surface area contributed by atoms with Crippen molar-refractivity contribution in [3.63, 3.8) is 0 Å². The Balaban J connectivity index is 1.52. The third-order valence-electron chi connectivity index (χ3n) is 7.03. The van der Waals surface area contributed by atoms with Gasteiger partial charge in [0, 0.05) is 69.4 Å². The van der Waals surface area contributed by atoms with E-state index in [2.05, 4.69) is 20.6 Å². The number of ether oxygens (including phenoxy) is 1. The first-order valence-electron chi connectivity index (χ1n) is 14.4. The minimum absolute atomic E-state index is 0.126. The lowest BCUT2D eigenvalue weighted by Crippen LogP contribution is -2.51. The molecule has 0 spiro atoms. The van der Waals surface area contributed by atoms with E-state index in [0.717, 1.165) is 23.6 Å². The molecule has 1 atom stereocenters. The molecular formula is C30H41N7O4. The van der Waals surface area contributed by atoms with E-state index in [-0.39, 0.29) is 36.6 Å². The van der Waals surface area contributed by atoms with Gasteiger partial charge in [0.1, 0.15) is 23.4 Å². The van der Waals surface area contributed by atoms with E-state index < -0.39 is 6.04 Å². The minimum atomic E-state index is -0.696. The standard InChI is InChI=1S/C30H41N7O4/c1-4-26-31-10-15-35(26)14-9-28(39)37-13-6-18-41-24-8-5-7-23(20-24)29-32-11-16-36(29)17-12-33-30(40)25(19-22(2)3)34-27(38)21-37/h5,7-8,10-11,15-16,20,22,25H,4,6,9,12-14,17-19,21H2,1-3H3,(H,33,40)(H,34,38)/t25-/m1/s1. The summed E-state index contributed by atoms with van der Waals surface area (Å²) in [4.78, 5) is 50.0. The Morgan fingerprint density at radius 1 is 1.15 bits per heavy atom. The van der Waals surface area contributed by atoms with E-state index in [1.54, 1.807) is 17.3 Å². The van der Waals surface area contributed by atoms with Gasteiger partial charge in [-0.05, 0) is 30.9 Å². The first-order chi connectivity index (χ1) is 19.8. The normalized spacial score (nSPS) is 17.2. The molecule has 1 aromatic carbocycles. The number of nitrogens with one attached hydrogen (secondary N) is 2. The second-order valence-electron chi connectivity index (χ2n) is 10.7. The predicted octanol–water partition coefficient (Wildman–Crippen LogP) is 2.66. The van der Waals surface area contributed by atoms with Crippen molar-refractivity contribution >= 4 is 17.7 Å². The third-order valence-corrected chi connectivity index (χ3v) is 7.03. The maximum absolute atomic E-state index is 13.3. The fraction of sp³-hybridized carbons (Fsp3) is 0.500. The number of fused-ring (bicyclic) bond motifs is 4. The average Bonchev–Trinajstić information content (AvgIpc) is 3.61. The average molecular weight is 564 g/mol. The van der Waals surface area contributed by atoms with Crippen molar-refractivity contribution in [2.75, 3.05) is 26.2 Å². The van der Waals surface area contributed by atoms with Crippen LogP contribution in [-0.4, -0.2) is 74.0 Å². The van der Waals surface area contributed by atoms with Crippen LogP contribution < -0.4 is 15.4 Å². The van der Waals surface area contributed by atoms with Crippen LogP contribution in [0.2, 0.25) is 0 Å². The predicted molar refractivity (Wildman–Crippen MR) is 155 cm³/mol. The highest BCUT2D eigenvalue weighted by atomic mass is 16.5. The lowest BCUT2D eigenvalue weighted by atomic mass is 10.0. The van der Waals surface area contributed by atoms with Gasteiger partial charge in [0.05, 0.1) is 13.2 Å². The van der Waals surface area contributed by atoms with Gasteiger partial charge in [-0.25, -0.2) is 9.97 Å². The van der Waals surface area contributed by atoms with Gasteiger partial charge in [-0.1, -0.05) is 32.9 Å². The molecule has 41 heavy (non-hydrogen) atoms. The van der Waals surface area contributed by atoms with Crippen LogP contribution in [0.15, 0.2) is 49.1 Å². The fourth-order valence-corrected chi connectivity index (χ4v) is 4.98. The fourth-order valence-electron chi connectivity index (χ4n) is 4.98. The van der Waals surface area contributed by atoms with E-state index >= 15 is 0 Å². The van der Waals surface area contributed by atoms with Crippen molar-refractivity contribution in [2.24, 2.45) is 5.92 Å². The zero-order valence-corrected chi connectivity index (χ0v) is 24.2. The van der Waals surface area contributed by atoms with Gasteiger partial charge in [0.15, 0.2) is 0 Å². The second kappa shape index (κ2) is 14.5. The number of rotatable bonds is 6. The molecule has 0 saturated carbocycles. The maximum atomic E-state index is 13.3. The number of carbonyl (C=O) groups excluding carboxylic acids is 3. The number of amides is 3. The molecule has 1 aliphatic heterocycles. The summed E-state index contributed by atoms with van der Waals surface area (Å²) in [5.74, 6) is 1.84. The van der Waals surface area contributed by atoms with Crippen LogP contribution in [0.25, 0.3) is 11.4 Å². The molecule has 2 N–H and O–H groups in total. The van der Waals surface area contributed by atoms with Gasteiger partial charge in [0.2, 0.25) is 17.7 Å². The number of benzene rings is 1. The summed E-state index contributed by atoms with van der Waals surface area (Å²) < 4.78 is 9.96. The third kappa shape index (κ3) is 8.42. The van der Waals surface area contributed by atoms with Gasteiger partial charge in [-0.2, -0.15) is 0 Å². The summed E-state index contributed by atoms with van der Waals surface area (Å²) in [7, 11) is 0. The summed E-state index contributed by atoms with van der Waals surface area (Å²) in [6.45, 7) is 8.02. The zero-order valence-electron chi connectivity index (χ0n) is 24.2. The molecule has 2 bridgehead atoms. The molecular weight excluding hydrogens is 522 g/mol. The highest BCUT2D eigenvalue weighted by Gasteiger charge is 2.24. The van der Waals surface area contributed by atoms with Gasteiger partial charge in [0.25, 0.3) is 0 Å². The molecule has 2 aromatic heterocycles. The summed E-state index contributed by atoms with van der Waals surface area (Å²) in [6, 6.07) is 7.02. The molecule has 0 unspecified atom stereocenters. The molecule has 11 nitrogen and oxygen atoms in total. The molecule has 0 fully saturated rings. The van der Waals surface area contributed by atoms with Crippen molar-refractivity contribution in [1.29, 1.82) is 0 Å². The van der Waals surface area contributed by atoms with E-state index in [1.165, 1.54) is 0 Å². The molecule has 11 heteroatoms. The summed E-state index contributed by atoms with van der Waals surface area (Å²) in [5, 5.41) is 5.85. The highest BCUT2D eigenvalue weighted by molar-refractivity contribution is 5.90. The Kier molecular flexibility index (Phi) is 10.5. The molecule has 220 valence electrons. The first kappa shape index (κ1) is 29.8. The Morgan fingerprint density at radius 3 is 2.78 bits per heavy atom. The van der Waals surface area contributed by atoms with Crippen molar-refractivity contribution in [3.05, 3.63) is 54.9 Å². The van der Waals surface area contributed by atoms with Crippen LogP contribution in [0.5, 0.6) is 5.75 Å². The topological polar surface area (TPSA) is 123 Å². The lowest BCUT2D eigenvalue weighted by Gasteiger charge is -2.25. The van der Waals surface area contributed by atoms with Crippen molar-refractivity contribution in [1.82, 2.24) is 34.6 Å². The van der Waals surface area contributed by atoms with Gasteiger partial charge in [-0.3, -0.25) is 14.4 Å². The number of aryl methyl sites for hydroxylation is 2. The molecule has 3 heterocycles. The van der Waals surface area contributed by atoms with Gasteiger partial charge >= 0.3 is 0 Å². The second-order valence-corrected chi connectivity index (χ2v) is 10.7. The first-order valence-corrected chi connectivity index (χ1v) is 14.4. The number of imidazole rings is 2. The lowest BCUT2D eigenvalue weighted by molar-refractivity contribution is -0.137. The van der Waals surface area contributed by atoms with Crippen LogP contribution >= 0.6 is 0 Å². The van der Waals surface area contributed by atoms with E-state index in [9.17, 15) is 14.4 Å². The number of nitrogens with zero attached hydrogens (tertiary/aromatic N) is 5. The van der Waals surface area contributed by atoms with E-state index in [1.807, 2.05) is 66.6 Å². The van der Waals surface area contributed by atoms with E-state index in [0.29, 0.717) is 51.4 Å². The van der Waals surface area contributed by atoms with Crippen molar-refractivity contribution in [2.45, 2.75) is 65.6 Å². The quantitative estimate of drug-likeness (QED) is 0.475. The van der Waals surface area contributed by atoms with E-state index in [4.69, 9.17) is 4.74 Å². The van der Waals surface area contributed by atoms with Gasteiger partial charge < -0.3 is 29.4 Å². The van der Waals surface area contributed by atoms with Crippen molar-refractivity contribution in [3.8, 4) is 17.1 Å². The van der Waals surface area contributed by atoms with Crippen LogP contribution in [-0.2, 0) is 33.9 Å². The highest BCUT2D eigenvalue weighted by Crippen LogP contribution is 2.23. The Bertz CT molecular complexity index is 1320. The smallest absolute Gasteiger partial charge is 0.242 e. The Labute approximate surface area is 241 Å². The van der Waals surface area contributed by atoms with Gasteiger partial charge in [-0.15, -0.1) is 0 Å². The molecule has 3 amide bonds. The molecule has 0 aliphatic carbocycles. The van der Waals surface area contributed by atoms with Crippen LogP contribution in [0.3, 0.4) is 0 Å². The van der Waals surface area contributed by atoms with Crippen molar-refractivity contribution < 1.29 is 19.1 Å². The Hall–Kier alpha value is -4.15. The molecule has 0 radical (unpaired) electrons. The summed E-state index contributed by atoms with van der Waals surface area (Å²) in [6.07, 6.45) is 9.24. The monoisotopic (exact) mass is 563 g/mol. The largest absolute Gasteiger partial charge is 0.494 e. The minimum Gasteiger partial charge on any atom is -0.494 e. The molecule has 3 aromatic rings. The summed E-state index contributed by atoms with van der Waals surface area (Å²) >= 11 is 0.